The summed E-state index contributed by atoms with van der Waals surface area (Å²) in [4.78, 5) is 25.6. The summed E-state index contributed by atoms with van der Waals surface area (Å²) in [5, 5.41) is 0. The number of aromatic amines is 1. The molecular weight excluding hydrogens is 360 g/mol. The third-order valence-corrected chi connectivity index (χ3v) is 6.12. The molecule has 1 N–H and O–H groups in total. The summed E-state index contributed by atoms with van der Waals surface area (Å²) in [7, 11) is 2.18. The summed E-state index contributed by atoms with van der Waals surface area (Å²) in [5.41, 5.74) is 3.26. The van der Waals surface area contributed by atoms with E-state index in [0.717, 1.165) is 55.8 Å². The number of carbonyl (C=O) groups is 1. The van der Waals surface area contributed by atoms with Gasteiger partial charge >= 0.3 is 0 Å². The second-order valence-electron chi connectivity index (χ2n) is 8.16. The molecule has 4 rings (SSSR count). The van der Waals surface area contributed by atoms with Gasteiger partial charge in [-0.05, 0) is 50.9 Å². The molecule has 1 aliphatic heterocycles. The molecule has 2 atom stereocenters. The van der Waals surface area contributed by atoms with Crippen LogP contribution in [0.4, 0.5) is 0 Å². The Morgan fingerprint density at radius 3 is 2.76 bits per heavy atom. The minimum atomic E-state index is -0.254. The number of para-hydroxylation sites is 2. The maximum Gasteiger partial charge on any atom is 0.233 e. The zero-order chi connectivity index (χ0) is 20.2. The summed E-state index contributed by atoms with van der Waals surface area (Å²) in [6.45, 7) is 4.61. The fourth-order valence-electron chi connectivity index (χ4n) is 4.22. The minimum absolute atomic E-state index is 0.171. The first kappa shape index (κ1) is 19.6. The van der Waals surface area contributed by atoms with Gasteiger partial charge in [0.15, 0.2) is 0 Å². The standard InChI is InChI=1S/C24H30N4O/c1-18(23-25-21-12-6-7-13-22(21)26-23)24(29)28-15-8-11-20(17-28)27(2)16-14-19-9-4-3-5-10-19/h3-7,9-10,12-13,18,20H,8,11,14-17H2,1-2H3,(H,25,26). The molecule has 0 saturated carbocycles. The monoisotopic (exact) mass is 390 g/mol. The van der Waals surface area contributed by atoms with E-state index < -0.39 is 0 Å². The number of nitrogens with zero attached hydrogens (tertiary/aromatic N) is 3. The summed E-state index contributed by atoms with van der Waals surface area (Å²) < 4.78 is 0. The first-order valence-electron chi connectivity index (χ1n) is 10.6. The maximum atomic E-state index is 13.2. The molecule has 1 amide bonds. The minimum Gasteiger partial charge on any atom is -0.341 e. The third kappa shape index (κ3) is 4.51. The molecule has 0 aliphatic carbocycles. The van der Waals surface area contributed by atoms with E-state index in [1.807, 2.05) is 36.1 Å². The van der Waals surface area contributed by atoms with E-state index in [4.69, 9.17) is 0 Å². The van der Waals surface area contributed by atoms with E-state index in [2.05, 4.69) is 52.2 Å². The van der Waals surface area contributed by atoms with Gasteiger partial charge in [-0.15, -0.1) is 0 Å². The van der Waals surface area contributed by atoms with Gasteiger partial charge in [-0.25, -0.2) is 4.98 Å². The van der Waals surface area contributed by atoms with Crippen LogP contribution in [-0.4, -0.2) is 58.4 Å². The lowest BCUT2D eigenvalue weighted by Crippen LogP contribution is -2.50. The van der Waals surface area contributed by atoms with Crippen molar-refractivity contribution >= 4 is 16.9 Å². The number of aromatic nitrogens is 2. The molecular formula is C24H30N4O. The van der Waals surface area contributed by atoms with Gasteiger partial charge in [0.2, 0.25) is 5.91 Å². The van der Waals surface area contributed by atoms with Crippen molar-refractivity contribution in [1.82, 2.24) is 19.8 Å². The van der Waals surface area contributed by atoms with Crippen LogP contribution >= 0.6 is 0 Å². The van der Waals surface area contributed by atoms with E-state index in [1.54, 1.807) is 0 Å². The molecule has 1 aromatic heterocycles. The summed E-state index contributed by atoms with van der Waals surface area (Å²) in [6, 6.07) is 19.0. The summed E-state index contributed by atoms with van der Waals surface area (Å²) in [6.07, 6.45) is 3.24. The number of nitrogens with one attached hydrogen (secondary N) is 1. The van der Waals surface area contributed by atoms with Gasteiger partial charge < -0.3 is 14.8 Å². The molecule has 1 fully saturated rings. The molecule has 0 spiro atoms. The van der Waals surface area contributed by atoms with Gasteiger partial charge in [0.1, 0.15) is 5.82 Å². The number of benzene rings is 2. The van der Waals surface area contributed by atoms with Crippen molar-refractivity contribution in [3.05, 3.63) is 66.0 Å². The number of fused-ring (bicyclic) bond motifs is 1. The highest BCUT2D eigenvalue weighted by atomic mass is 16.2. The Morgan fingerprint density at radius 2 is 1.97 bits per heavy atom. The smallest absolute Gasteiger partial charge is 0.233 e. The zero-order valence-electron chi connectivity index (χ0n) is 17.3. The number of imidazole rings is 1. The van der Waals surface area contributed by atoms with Crippen molar-refractivity contribution in [2.45, 2.75) is 38.1 Å². The Morgan fingerprint density at radius 1 is 1.21 bits per heavy atom. The number of H-pyrrole nitrogens is 1. The van der Waals surface area contributed by atoms with E-state index in [-0.39, 0.29) is 11.8 Å². The molecule has 2 aromatic carbocycles. The predicted molar refractivity (Wildman–Crippen MR) is 117 cm³/mol. The first-order valence-corrected chi connectivity index (χ1v) is 10.6. The largest absolute Gasteiger partial charge is 0.341 e. The van der Waals surface area contributed by atoms with Gasteiger partial charge in [0.25, 0.3) is 0 Å². The lowest BCUT2D eigenvalue weighted by molar-refractivity contribution is -0.134. The van der Waals surface area contributed by atoms with Crippen LogP contribution < -0.4 is 0 Å². The van der Waals surface area contributed by atoms with Crippen molar-refractivity contribution < 1.29 is 4.79 Å². The Balaban J connectivity index is 1.37. The van der Waals surface area contributed by atoms with Crippen LogP contribution in [0.25, 0.3) is 11.0 Å². The molecule has 2 heterocycles. The van der Waals surface area contributed by atoms with Gasteiger partial charge in [-0.3, -0.25) is 4.79 Å². The highest BCUT2D eigenvalue weighted by molar-refractivity contribution is 5.84. The van der Waals surface area contributed by atoms with Crippen LogP contribution in [0.5, 0.6) is 0 Å². The number of amides is 1. The second-order valence-corrected chi connectivity index (χ2v) is 8.16. The summed E-state index contributed by atoms with van der Waals surface area (Å²) >= 11 is 0. The molecule has 5 nitrogen and oxygen atoms in total. The molecule has 1 aliphatic rings. The van der Waals surface area contributed by atoms with E-state index in [0.29, 0.717) is 6.04 Å². The molecule has 29 heavy (non-hydrogen) atoms. The highest BCUT2D eigenvalue weighted by Gasteiger charge is 2.30. The normalized spacial score (nSPS) is 18.3. The average Bonchev–Trinajstić information content (AvgIpc) is 3.21. The number of likely N-dealkylation sites (N-methyl/N-ethyl adjacent to an activating group) is 1. The molecule has 2 unspecified atom stereocenters. The van der Waals surface area contributed by atoms with Crippen molar-refractivity contribution in [3.63, 3.8) is 0 Å². The number of hydrogen-bond donors (Lipinski definition) is 1. The fourth-order valence-corrected chi connectivity index (χ4v) is 4.22. The van der Waals surface area contributed by atoms with Crippen molar-refractivity contribution in [2.75, 3.05) is 26.7 Å². The predicted octanol–water partition coefficient (Wildman–Crippen LogP) is 3.83. The van der Waals surface area contributed by atoms with Gasteiger partial charge in [0, 0.05) is 25.7 Å². The lowest BCUT2D eigenvalue weighted by atomic mass is 10.0. The van der Waals surface area contributed by atoms with Crippen LogP contribution in [0.2, 0.25) is 0 Å². The van der Waals surface area contributed by atoms with Crippen LogP contribution in [0.3, 0.4) is 0 Å². The van der Waals surface area contributed by atoms with Gasteiger partial charge in [-0.2, -0.15) is 0 Å². The van der Waals surface area contributed by atoms with Crippen LogP contribution in [-0.2, 0) is 11.2 Å². The second kappa shape index (κ2) is 8.78. The lowest BCUT2D eigenvalue weighted by Gasteiger charge is -2.38. The SMILES string of the molecule is CC(C(=O)N1CCCC(N(C)CCc2ccccc2)C1)c1nc2ccccc2[nH]1. The molecule has 0 bridgehead atoms. The zero-order valence-corrected chi connectivity index (χ0v) is 17.3. The third-order valence-electron chi connectivity index (χ3n) is 6.12. The number of rotatable bonds is 6. The van der Waals surface area contributed by atoms with E-state index >= 15 is 0 Å². The Labute approximate surface area is 172 Å². The van der Waals surface area contributed by atoms with E-state index in [9.17, 15) is 4.79 Å². The number of carbonyl (C=O) groups excluding carboxylic acids is 1. The topological polar surface area (TPSA) is 52.2 Å². The summed E-state index contributed by atoms with van der Waals surface area (Å²) in [5.74, 6) is 0.678. The molecule has 152 valence electrons. The maximum absolute atomic E-state index is 13.2. The number of piperidine rings is 1. The Hall–Kier alpha value is -2.66. The molecule has 3 aromatic rings. The van der Waals surface area contributed by atoms with Crippen LogP contribution in [0.1, 0.15) is 37.1 Å². The number of likely N-dealkylation sites (tertiary alicyclic amines) is 1. The van der Waals surface area contributed by atoms with Gasteiger partial charge in [0.05, 0.1) is 17.0 Å². The van der Waals surface area contributed by atoms with Crippen LogP contribution in [0.15, 0.2) is 54.6 Å². The first-order chi connectivity index (χ1) is 14.1. The molecule has 5 heteroatoms. The Kier molecular flexibility index (Phi) is 5.95. The Bertz CT molecular complexity index is 919. The quantitative estimate of drug-likeness (QED) is 0.696. The van der Waals surface area contributed by atoms with Crippen molar-refractivity contribution in [2.24, 2.45) is 0 Å². The molecule has 0 radical (unpaired) electrons. The highest BCUT2D eigenvalue weighted by Crippen LogP contribution is 2.23. The number of hydrogen-bond acceptors (Lipinski definition) is 3. The van der Waals surface area contributed by atoms with Crippen LogP contribution in [0, 0.1) is 0 Å². The van der Waals surface area contributed by atoms with E-state index in [1.165, 1.54) is 5.56 Å². The van der Waals surface area contributed by atoms with Gasteiger partial charge in [-0.1, -0.05) is 42.5 Å². The molecule has 1 saturated heterocycles. The van der Waals surface area contributed by atoms with Crippen molar-refractivity contribution in [1.29, 1.82) is 0 Å². The van der Waals surface area contributed by atoms with Crippen molar-refractivity contribution in [3.8, 4) is 0 Å². The average molecular weight is 391 g/mol. The fraction of sp³-hybridized carbons (Fsp3) is 0.417.